The first-order valence-electron chi connectivity index (χ1n) is 7.93. The minimum atomic E-state index is -0.459. The molecule has 0 saturated carbocycles. The largest absolute Gasteiger partial charge is 0.469 e. The van der Waals surface area contributed by atoms with Gasteiger partial charge in [0.2, 0.25) is 5.91 Å². The summed E-state index contributed by atoms with van der Waals surface area (Å²) in [4.78, 5) is 51.3. The van der Waals surface area contributed by atoms with E-state index in [1.54, 1.807) is 23.1 Å². The predicted octanol–water partition coefficient (Wildman–Crippen LogP) is 1.46. The molecule has 1 aromatic carbocycles. The van der Waals surface area contributed by atoms with Crippen molar-refractivity contribution in [1.29, 1.82) is 0 Å². The van der Waals surface area contributed by atoms with Gasteiger partial charge in [-0.25, -0.2) is 0 Å². The number of amides is 3. The second kappa shape index (κ2) is 6.95. The van der Waals surface area contributed by atoms with Crippen LogP contribution in [0.15, 0.2) is 22.7 Å². The monoisotopic (exact) mass is 408 g/mol. The van der Waals surface area contributed by atoms with E-state index in [1.165, 1.54) is 7.11 Å². The van der Waals surface area contributed by atoms with Crippen molar-refractivity contribution in [1.82, 2.24) is 9.80 Å². The maximum absolute atomic E-state index is 12.5. The van der Waals surface area contributed by atoms with E-state index < -0.39 is 11.8 Å². The molecule has 8 heteroatoms. The zero-order valence-corrected chi connectivity index (χ0v) is 15.2. The van der Waals surface area contributed by atoms with Crippen molar-refractivity contribution in [2.75, 3.05) is 26.7 Å². The molecule has 0 spiro atoms. The van der Waals surface area contributed by atoms with Crippen LogP contribution in [0.1, 0.15) is 33.6 Å². The fourth-order valence-electron chi connectivity index (χ4n) is 3.17. The van der Waals surface area contributed by atoms with E-state index in [1.807, 2.05) is 0 Å². The Hall–Kier alpha value is -2.22. The Morgan fingerprint density at radius 1 is 1.16 bits per heavy atom. The number of carbonyl (C=O) groups excluding carboxylic acids is 4. The van der Waals surface area contributed by atoms with E-state index in [0.29, 0.717) is 41.5 Å². The molecule has 0 atom stereocenters. The lowest BCUT2D eigenvalue weighted by Gasteiger charge is -2.31. The van der Waals surface area contributed by atoms with E-state index in [-0.39, 0.29) is 24.3 Å². The summed E-state index contributed by atoms with van der Waals surface area (Å²) in [5.41, 5.74) is 0.613. The van der Waals surface area contributed by atoms with Crippen molar-refractivity contribution in [2.45, 2.75) is 12.8 Å². The molecule has 132 valence electrons. The number of methoxy groups -OCH3 is 1. The van der Waals surface area contributed by atoms with Gasteiger partial charge in [0.1, 0.15) is 6.54 Å². The van der Waals surface area contributed by atoms with Gasteiger partial charge in [-0.2, -0.15) is 0 Å². The van der Waals surface area contributed by atoms with Gasteiger partial charge in [0, 0.05) is 17.6 Å². The number of halogens is 1. The Morgan fingerprint density at radius 2 is 1.80 bits per heavy atom. The average molecular weight is 409 g/mol. The van der Waals surface area contributed by atoms with Gasteiger partial charge < -0.3 is 9.64 Å². The number of ether oxygens (including phenoxy) is 1. The molecule has 0 bridgehead atoms. The summed E-state index contributed by atoms with van der Waals surface area (Å²) in [6.45, 7) is 0.535. The van der Waals surface area contributed by atoms with E-state index in [2.05, 4.69) is 15.9 Å². The fraction of sp³-hybridized carbons (Fsp3) is 0.412. The van der Waals surface area contributed by atoms with Crippen molar-refractivity contribution < 1.29 is 23.9 Å². The zero-order chi connectivity index (χ0) is 18.1. The summed E-state index contributed by atoms with van der Waals surface area (Å²) < 4.78 is 5.42. The second-order valence-electron chi connectivity index (χ2n) is 6.06. The van der Waals surface area contributed by atoms with Crippen LogP contribution in [-0.4, -0.2) is 60.2 Å². The Morgan fingerprint density at radius 3 is 2.44 bits per heavy atom. The number of hydrogen-bond acceptors (Lipinski definition) is 5. The summed E-state index contributed by atoms with van der Waals surface area (Å²) in [6, 6.07) is 4.85. The van der Waals surface area contributed by atoms with E-state index in [9.17, 15) is 19.2 Å². The molecule has 2 heterocycles. The maximum Gasteiger partial charge on any atom is 0.308 e. The SMILES string of the molecule is COC(=O)C1CCN(C(=O)CN2C(=O)c3ccc(Br)cc3C2=O)CC1. The molecule has 0 unspecified atom stereocenters. The number of hydrogen-bond donors (Lipinski definition) is 0. The summed E-state index contributed by atoms with van der Waals surface area (Å²) in [6.07, 6.45) is 1.04. The minimum absolute atomic E-state index is 0.203. The lowest BCUT2D eigenvalue weighted by Crippen LogP contribution is -2.46. The maximum atomic E-state index is 12.5. The van der Waals surface area contributed by atoms with Crippen molar-refractivity contribution >= 4 is 39.6 Å². The molecular formula is C17H17BrN2O5. The molecule has 3 amide bonds. The zero-order valence-electron chi connectivity index (χ0n) is 13.7. The summed E-state index contributed by atoms with van der Waals surface area (Å²) >= 11 is 3.27. The molecular weight excluding hydrogens is 392 g/mol. The van der Waals surface area contributed by atoms with E-state index in [4.69, 9.17) is 4.74 Å². The van der Waals surface area contributed by atoms with Crippen LogP contribution in [0.5, 0.6) is 0 Å². The van der Waals surface area contributed by atoms with Crippen LogP contribution in [0.2, 0.25) is 0 Å². The average Bonchev–Trinajstić information content (AvgIpc) is 2.85. The Labute approximate surface area is 153 Å². The number of fused-ring (bicyclic) bond motifs is 1. The third-order valence-electron chi connectivity index (χ3n) is 4.61. The van der Waals surface area contributed by atoms with Crippen LogP contribution >= 0.6 is 15.9 Å². The lowest BCUT2D eigenvalue weighted by molar-refractivity contribution is -0.148. The Balaban J connectivity index is 1.64. The van der Waals surface area contributed by atoms with Gasteiger partial charge in [0.15, 0.2) is 0 Å². The van der Waals surface area contributed by atoms with Crippen LogP contribution < -0.4 is 0 Å². The van der Waals surface area contributed by atoms with Crippen LogP contribution in [0.3, 0.4) is 0 Å². The second-order valence-corrected chi connectivity index (χ2v) is 6.98. The highest BCUT2D eigenvalue weighted by atomic mass is 79.9. The van der Waals surface area contributed by atoms with Crippen molar-refractivity contribution in [2.24, 2.45) is 5.92 Å². The highest BCUT2D eigenvalue weighted by molar-refractivity contribution is 9.10. The van der Waals surface area contributed by atoms with E-state index >= 15 is 0 Å². The van der Waals surface area contributed by atoms with Gasteiger partial charge >= 0.3 is 5.97 Å². The van der Waals surface area contributed by atoms with Crippen molar-refractivity contribution in [3.8, 4) is 0 Å². The first-order valence-corrected chi connectivity index (χ1v) is 8.73. The normalized spacial score (nSPS) is 17.7. The van der Waals surface area contributed by atoms with Gasteiger partial charge in [-0.15, -0.1) is 0 Å². The standard InChI is InChI=1S/C17H17BrN2O5/c1-25-17(24)10-4-6-19(7-5-10)14(21)9-20-15(22)12-3-2-11(18)8-13(12)16(20)23/h2-3,8,10H,4-7,9H2,1H3. The highest BCUT2D eigenvalue weighted by Gasteiger charge is 2.38. The van der Waals surface area contributed by atoms with Gasteiger partial charge in [0.25, 0.3) is 11.8 Å². The predicted molar refractivity (Wildman–Crippen MR) is 90.8 cm³/mol. The molecule has 0 radical (unpaired) electrons. The number of carbonyl (C=O) groups is 4. The fourth-order valence-corrected chi connectivity index (χ4v) is 3.53. The van der Waals surface area contributed by atoms with Gasteiger partial charge in [0.05, 0.1) is 24.2 Å². The number of benzene rings is 1. The molecule has 1 fully saturated rings. The number of nitrogens with zero attached hydrogens (tertiary/aromatic N) is 2. The van der Waals surface area contributed by atoms with Crippen molar-refractivity contribution in [3.63, 3.8) is 0 Å². The molecule has 25 heavy (non-hydrogen) atoms. The topological polar surface area (TPSA) is 84.0 Å². The molecule has 3 rings (SSSR count). The van der Waals surface area contributed by atoms with Crippen LogP contribution in [0.25, 0.3) is 0 Å². The molecule has 0 N–H and O–H groups in total. The molecule has 0 aliphatic carbocycles. The van der Waals surface area contributed by atoms with Crippen LogP contribution in [-0.2, 0) is 14.3 Å². The first kappa shape index (κ1) is 17.6. The summed E-state index contributed by atoms with van der Waals surface area (Å²) in [5.74, 6) is -1.68. The van der Waals surface area contributed by atoms with Crippen LogP contribution in [0, 0.1) is 5.92 Å². The number of esters is 1. The quantitative estimate of drug-likeness (QED) is 0.558. The summed E-state index contributed by atoms with van der Waals surface area (Å²) in [5, 5.41) is 0. The van der Waals surface area contributed by atoms with Gasteiger partial charge in [-0.05, 0) is 31.0 Å². The molecule has 2 aliphatic rings. The molecule has 1 aromatic rings. The molecule has 2 aliphatic heterocycles. The Kier molecular flexibility index (Phi) is 4.89. The van der Waals surface area contributed by atoms with Crippen LogP contribution in [0.4, 0.5) is 0 Å². The lowest BCUT2D eigenvalue weighted by atomic mass is 9.97. The third-order valence-corrected chi connectivity index (χ3v) is 5.10. The number of imide groups is 1. The minimum Gasteiger partial charge on any atom is -0.469 e. The molecule has 1 saturated heterocycles. The van der Waals surface area contributed by atoms with Gasteiger partial charge in [-0.1, -0.05) is 15.9 Å². The van der Waals surface area contributed by atoms with E-state index in [0.717, 1.165) is 4.90 Å². The highest BCUT2D eigenvalue weighted by Crippen LogP contribution is 2.26. The summed E-state index contributed by atoms with van der Waals surface area (Å²) in [7, 11) is 1.35. The number of likely N-dealkylation sites (tertiary alicyclic amines) is 1. The number of piperidine rings is 1. The number of rotatable bonds is 3. The third kappa shape index (κ3) is 3.30. The first-order chi connectivity index (χ1) is 11.9. The van der Waals surface area contributed by atoms with Gasteiger partial charge in [-0.3, -0.25) is 24.1 Å². The Bertz CT molecular complexity index is 755. The molecule has 0 aromatic heterocycles. The molecule has 7 nitrogen and oxygen atoms in total. The smallest absolute Gasteiger partial charge is 0.308 e. The van der Waals surface area contributed by atoms with Crippen molar-refractivity contribution in [3.05, 3.63) is 33.8 Å².